The Kier molecular flexibility index (Phi) is 6.57. The maximum atomic E-state index is 13.4. The number of likely N-dealkylation sites (tertiary alicyclic amines) is 1. The topological polar surface area (TPSA) is 94.1 Å². The van der Waals surface area contributed by atoms with Gasteiger partial charge < -0.3 is 30.5 Å². The monoisotopic (exact) mass is 395 g/mol. The summed E-state index contributed by atoms with van der Waals surface area (Å²) in [7, 11) is 0. The molecule has 4 rings (SSSR count). The van der Waals surface area contributed by atoms with Gasteiger partial charge in [0, 0.05) is 37.5 Å². The van der Waals surface area contributed by atoms with Crippen molar-refractivity contribution in [3.63, 3.8) is 0 Å². The second kappa shape index (κ2) is 8.96. The van der Waals surface area contributed by atoms with E-state index in [1.54, 1.807) is 0 Å². The molecular formula is C21H37N3O4. The van der Waals surface area contributed by atoms with Crippen LogP contribution >= 0.6 is 0 Å². The number of aliphatic hydroxyl groups excluding tert-OH is 2. The van der Waals surface area contributed by atoms with Gasteiger partial charge in [-0.1, -0.05) is 13.3 Å². The molecule has 3 heterocycles. The smallest absolute Gasteiger partial charge is 0.231 e. The lowest BCUT2D eigenvalue weighted by molar-refractivity contribution is -0.168. The Balaban J connectivity index is 1.44. The van der Waals surface area contributed by atoms with Gasteiger partial charge in [0.25, 0.3) is 0 Å². The zero-order valence-electron chi connectivity index (χ0n) is 17.1. The molecule has 7 heteroatoms. The maximum Gasteiger partial charge on any atom is 0.231 e. The van der Waals surface area contributed by atoms with Crippen LogP contribution in [0.3, 0.4) is 0 Å². The molecule has 8 atom stereocenters. The van der Waals surface area contributed by atoms with Crippen molar-refractivity contribution in [3.8, 4) is 0 Å². The maximum absolute atomic E-state index is 13.4. The van der Waals surface area contributed by atoms with Crippen LogP contribution in [0.25, 0.3) is 0 Å². The van der Waals surface area contributed by atoms with E-state index >= 15 is 0 Å². The molecule has 0 spiro atoms. The molecular weight excluding hydrogens is 358 g/mol. The molecule has 0 bridgehead atoms. The second-order valence-corrected chi connectivity index (χ2v) is 9.41. The Morgan fingerprint density at radius 2 is 1.89 bits per heavy atom. The van der Waals surface area contributed by atoms with Crippen LogP contribution in [0, 0.1) is 17.8 Å². The molecule has 3 saturated heterocycles. The molecule has 0 aromatic rings. The number of rotatable bonds is 4. The lowest BCUT2D eigenvalue weighted by atomic mass is 9.75. The van der Waals surface area contributed by atoms with Gasteiger partial charge in [-0.15, -0.1) is 0 Å². The van der Waals surface area contributed by atoms with E-state index in [2.05, 4.69) is 10.6 Å². The normalized spacial score (nSPS) is 44.3. The summed E-state index contributed by atoms with van der Waals surface area (Å²) < 4.78 is 6.24. The SMILES string of the molecule is CC1C(O)CC(O)C(C(=O)N2CC3CCCNC3C2)C1OCC1CCCCN1. The minimum atomic E-state index is -0.849. The number of piperidine rings is 2. The highest BCUT2D eigenvalue weighted by atomic mass is 16.5. The average molecular weight is 396 g/mol. The van der Waals surface area contributed by atoms with Gasteiger partial charge in [-0.2, -0.15) is 0 Å². The highest BCUT2D eigenvalue weighted by Gasteiger charge is 2.49. The number of carbonyl (C=O) groups excluding carboxylic acids is 1. The fourth-order valence-electron chi connectivity index (χ4n) is 5.67. The Hall–Kier alpha value is -0.730. The predicted molar refractivity (Wildman–Crippen MR) is 106 cm³/mol. The first-order valence-electron chi connectivity index (χ1n) is 11.3. The number of nitrogens with zero attached hydrogens (tertiary/aromatic N) is 1. The predicted octanol–water partition coefficient (Wildman–Crippen LogP) is 0.102. The van der Waals surface area contributed by atoms with E-state index in [1.807, 2.05) is 11.8 Å². The number of hydrogen-bond donors (Lipinski definition) is 4. The van der Waals surface area contributed by atoms with Crippen LogP contribution in [0.2, 0.25) is 0 Å². The van der Waals surface area contributed by atoms with Gasteiger partial charge in [-0.3, -0.25) is 4.79 Å². The van der Waals surface area contributed by atoms with Gasteiger partial charge in [-0.05, 0) is 44.7 Å². The number of ether oxygens (including phenoxy) is 1. The summed E-state index contributed by atoms with van der Waals surface area (Å²) in [4.78, 5) is 15.4. The highest BCUT2D eigenvalue weighted by Crippen LogP contribution is 2.36. The molecule has 0 aromatic heterocycles. The van der Waals surface area contributed by atoms with E-state index < -0.39 is 24.2 Å². The molecule has 0 aromatic carbocycles. The van der Waals surface area contributed by atoms with Crippen LogP contribution in [0.5, 0.6) is 0 Å². The van der Waals surface area contributed by atoms with Gasteiger partial charge in [-0.25, -0.2) is 0 Å². The molecule has 0 radical (unpaired) electrons. The van der Waals surface area contributed by atoms with E-state index in [4.69, 9.17) is 4.74 Å². The third kappa shape index (κ3) is 4.24. The summed E-state index contributed by atoms with van der Waals surface area (Å²) in [5, 5.41) is 28.1. The zero-order chi connectivity index (χ0) is 19.7. The standard InChI is InChI=1S/C21H37N3O4/c1-13-17(25)9-18(26)19(20(13)28-12-15-6-2-3-7-22-15)21(27)24-10-14-5-4-8-23-16(14)11-24/h13-20,22-23,25-26H,2-12H2,1H3. The van der Waals surface area contributed by atoms with Gasteiger partial charge in [0.2, 0.25) is 5.91 Å². The fraction of sp³-hybridized carbons (Fsp3) is 0.952. The summed E-state index contributed by atoms with van der Waals surface area (Å²) in [5.74, 6) is -0.220. The lowest BCUT2D eigenvalue weighted by Crippen LogP contribution is -2.56. The van der Waals surface area contributed by atoms with E-state index in [9.17, 15) is 15.0 Å². The summed E-state index contributed by atoms with van der Waals surface area (Å²) >= 11 is 0. The fourth-order valence-corrected chi connectivity index (χ4v) is 5.67. The highest BCUT2D eigenvalue weighted by molar-refractivity contribution is 5.80. The number of amides is 1. The molecule has 4 fully saturated rings. The Labute approximate surface area is 168 Å². The second-order valence-electron chi connectivity index (χ2n) is 9.41. The molecule has 7 nitrogen and oxygen atoms in total. The first-order valence-corrected chi connectivity index (χ1v) is 11.3. The van der Waals surface area contributed by atoms with Crippen LogP contribution in [-0.4, -0.2) is 84.2 Å². The molecule has 1 aliphatic carbocycles. The molecule has 160 valence electrons. The van der Waals surface area contributed by atoms with E-state index in [1.165, 1.54) is 19.3 Å². The van der Waals surface area contributed by atoms with Crippen LogP contribution in [0.4, 0.5) is 0 Å². The Morgan fingerprint density at radius 1 is 1.07 bits per heavy atom. The average Bonchev–Trinajstić information content (AvgIpc) is 3.14. The van der Waals surface area contributed by atoms with Crippen molar-refractivity contribution in [3.05, 3.63) is 0 Å². The third-order valence-electron chi connectivity index (χ3n) is 7.47. The minimum absolute atomic E-state index is 0.00375. The molecule has 8 unspecified atom stereocenters. The van der Waals surface area contributed by atoms with E-state index in [0.29, 0.717) is 24.6 Å². The largest absolute Gasteiger partial charge is 0.393 e. The first-order chi connectivity index (χ1) is 13.5. The van der Waals surface area contributed by atoms with Crippen molar-refractivity contribution in [2.24, 2.45) is 17.8 Å². The molecule has 3 aliphatic heterocycles. The minimum Gasteiger partial charge on any atom is -0.393 e. The molecule has 1 saturated carbocycles. The number of nitrogens with one attached hydrogen (secondary N) is 2. The summed E-state index contributed by atoms with van der Waals surface area (Å²) in [5.41, 5.74) is 0. The third-order valence-corrected chi connectivity index (χ3v) is 7.47. The van der Waals surface area contributed by atoms with Crippen LogP contribution in [0.15, 0.2) is 0 Å². The van der Waals surface area contributed by atoms with Crippen LogP contribution in [-0.2, 0) is 9.53 Å². The van der Waals surface area contributed by atoms with Crippen molar-refractivity contribution >= 4 is 5.91 Å². The van der Waals surface area contributed by atoms with E-state index in [-0.39, 0.29) is 18.2 Å². The van der Waals surface area contributed by atoms with Crippen molar-refractivity contribution in [2.75, 3.05) is 32.8 Å². The van der Waals surface area contributed by atoms with Crippen molar-refractivity contribution in [1.29, 1.82) is 0 Å². The van der Waals surface area contributed by atoms with Crippen LogP contribution in [0.1, 0.15) is 45.4 Å². The number of aliphatic hydroxyl groups is 2. The van der Waals surface area contributed by atoms with Gasteiger partial charge in [0.15, 0.2) is 0 Å². The first kappa shape index (κ1) is 20.5. The van der Waals surface area contributed by atoms with Gasteiger partial charge in [0.05, 0.1) is 30.8 Å². The van der Waals surface area contributed by atoms with Crippen LogP contribution < -0.4 is 10.6 Å². The Bertz CT molecular complexity index is 528. The van der Waals surface area contributed by atoms with Gasteiger partial charge >= 0.3 is 0 Å². The summed E-state index contributed by atoms with van der Waals surface area (Å²) in [6, 6.07) is 0.680. The van der Waals surface area contributed by atoms with Gasteiger partial charge in [0.1, 0.15) is 0 Å². The van der Waals surface area contributed by atoms with Crippen molar-refractivity contribution in [1.82, 2.24) is 15.5 Å². The Morgan fingerprint density at radius 3 is 2.64 bits per heavy atom. The van der Waals surface area contributed by atoms with Crippen molar-refractivity contribution < 1.29 is 19.7 Å². The quantitative estimate of drug-likeness (QED) is 0.540. The molecule has 1 amide bonds. The lowest BCUT2D eigenvalue weighted by Gasteiger charge is -2.43. The zero-order valence-corrected chi connectivity index (χ0v) is 17.1. The molecule has 4 N–H and O–H groups in total. The number of hydrogen-bond acceptors (Lipinski definition) is 6. The number of carbonyl (C=O) groups is 1. The molecule has 28 heavy (non-hydrogen) atoms. The summed E-state index contributed by atoms with van der Waals surface area (Å²) in [6.07, 6.45) is 4.12. The van der Waals surface area contributed by atoms with Crippen molar-refractivity contribution in [2.45, 2.75) is 75.8 Å². The van der Waals surface area contributed by atoms with E-state index in [0.717, 1.165) is 39.0 Å². The summed E-state index contributed by atoms with van der Waals surface area (Å²) in [6.45, 7) is 6.00. The molecule has 4 aliphatic rings. The number of fused-ring (bicyclic) bond motifs is 1.